The van der Waals surface area contributed by atoms with Crippen LogP contribution in [0.15, 0.2) is 0 Å². The Morgan fingerprint density at radius 2 is 1.94 bits per heavy atom. The number of hydrogen-bond donors (Lipinski definition) is 0. The molecule has 0 aromatic rings. The van der Waals surface area contributed by atoms with Gasteiger partial charge in [-0.25, -0.2) is 0 Å². The largest absolute Gasteiger partial charge is 0.461 e. The second-order valence-electron chi connectivity index (χ2n) is 5.58. The van der Waals surface area contributed by atoms with E-state index in [2.05, 4.69) is 13.8 Å². The van der Waals surface area contributed by atoms with Gasteiger partial charge in [0.1, 0.15) is 5.60 Å². The Morgan fingerprint density at radius 1 is 1.24 bits per heavy atom. The lowest BCUT2D eigenvalue weighted by molar-refractivity contribution is -0.149. The van der Waals surface area contributed by atoms with Gasteiger partial charge in [0.05, 0.1) is 0 Å². The van der Waals surface area contributed by atoms with Crippen molar-refractivity contribution in [2.24, 2.45) is 5.92 Å². The summed E-state index contributed by atoms with van der Waals surface area (Å²) in [6, 6.07) is 0. The Balaban J connectivity index is 2.53. The zero-order valence-corrected chi connectivity index (χ0v) is 11.5. The highest BCUT2D eigenvalue weighted by atomic mass is 16.5. The predicted molar refractivity (Wildman–Crippen MR) is 70.9 cm³/mol. The maximum atomic E-state index is 10.7. The van der Waals surface area contributed by atoms with Crippen LogP contribution in [0.1, 0.15) is 78.1 Å². The van der Waals surface area contributed by atoms with Gasteiger partial charge < -0.3 is 4.74 Å². The van der Waals surface area contributed by atoms with E-state index in [4.69, 9.17) is 4.74 Å². The third-order valence-corrected chi connectivity index (χ3v) is 4.27. The van der Waals surface area contributed by atoms with Crippen molar-refractivity contribution in [3.63, 3.8) is 0 Å². The lowest BCUT2D eigenvalue weighted by atomic mass is 9.76. The van der Waals surface area contributed by atoms with Crippen molar-refractivity contribution in [1.82, 2.24) is 0 Å². The normalized spacial score (nSPS) is 20.8. The third-order valence-electron chi connectivity index (χ3n) is 4.27. The Morgan fingerprint density at radius 3 is 2.47 bits per heavy atom. The van der Waals surface area contributed by atoms with Crippen LogP contribution in [0, 0.1) is 5.92 Å². The quantitative estimate of drug-likeness (QED) is 0.585. The fraction of sp³-hybridized carbons (Fsp3) is 0.933. The van der Waals surface area contributed by atoms with Crippen molar-refractivity contribution in [2.75, 3.05) is 0 Å². The van der Waals surface area contributed by atoms with E-state index < -0.39 is 0 Å². The van der Waals surface area contributed by atoms with Crippen LogP contribution in [0.25, 0.3) is 0 Å². The van der Waals surface area contributed by atoms with Gasteiger partial charge in [0, 0.05) is 0 Å². The molecule has 0 radical (unpaired) electrons. The second-order valence-corrected chi connectivity index (χ2v) is 5.58. The molecule has 0 bridgehead atoms. The maximum Gasteiger partial charge on any atom is 0.293 e. The number of carbonyl (C=O) groups excluding carboxylic acids is 1. The van der Waals surface area contributed by atoms with E-state index in [-0.39, 0.29) is 5.60 Å². The molecule has 0 N–H and O–H groups in total. The van der Waals surface area contributed by atoms with Crippen LogP contribution in [0.3, 0.4) is 0 Å². The molecule has 0 spiro atoms. The Labute approximate surface area is 106 Å². The van der Waals surface area contributed by atoms with Crippen LogP contribution in [0.2, 0.25) is 0 Å². The highest BCUT2D eigenvalue weighted by Gasteiger charge is 2.35. The van der Waals surface area contributed by atoms with Gasteiger partial charge in [0.25, 0.3) is 6.47 Å². The van der Waals surface area contributed by atoms with Crippen molar-refractivity contribution in [1.29, 1.82) is 0 Å². The monoisotopic (exact) mass is 240 g/mol. The molecule has 1 saturated carbocycles. The fourth-order valence-electron chi connectivity index (χ4n) is 3.14. The van der Waals surface area contributed by atoms with Crippen molar-refractivity contribution in [2.45, 2.75) is 83.7 Å². The minimum Gasteiger partial charge on any atom is -0.461 e. The van der Waals surface area contributed by atoms with Crippen LogP contribution in [0.5, 0.6) is 0 Å². The summed E-state index contributed by atoms with van der Waals surface area (Å²) >= 11 is 0. The van der Waals surface area contributed by atoms with Gasteiger partial charge in [-0.15, -0.1) is 0 Å². The van der Waals surface area contributed by atoms with Crippen LogP contribution in [0.4, 0.5) is 0 Å². The molecule has 2 nitrogen and oxygen atoms in total. The van der Waals surface area contributed by atoms with Gasteiger partial charge in [0.2, 0.25) is 0 Å². The van der Waals surface area contributed by atoms with Gasteiger partial charge in [-0.3, -0.25) is 4.79 Å². The molecule has 0 aromatic carbocycles. The van der Waals surface area contributed by atoms with Gasteiger partial charge in [-0.05, 0) is 38.0 Å². The molecule has 0 aromatic heterocycles. The van der Waals surface area contributed by atoms with Crippen molar-refractivity contribution < 1.29 is 9.53 Å². The van der Waals surface area contributed by atoms with E-state index >= 15 is 0 Å². The number of ether oxygens (including phenoxy) is 1. The van der Waals surface area contributed by atoms with Gasteiger partial charge in [-0.1, -0.05) is 46.0 Å². The van der Waals surface area contributed by atoms with Gasteiger partial charge >= 0.3 is 0 Å². The molecule has 0 amide bonds. The van der Waals surface area contributed by atoms with Crippen molar-refractivity contribution in [3.8, 4) is 0 Å². The summed E-state index contributed by atoms with van der Waals surface area (Å²) in [5.74, 6) is 0.730. The number of unbranched alkanes of at least 4 members (excludes halogenated alkanes) is 1. The number of carbonyl (C=O) groups is 1. The van der Waals surface area contributed by atoms with E-state index in [1.54, 1.807) is 0 Å². The van der Waals surface area contributed by atoms with Gasteiger partial charge in [-0.2, -0.15) is 0 Å². The molecule has 1 atom stereocenters. The molecule has 1 unspecified atom stereocenters. The minimum absolute atomic E-state index is 0.117. The fourth-order valence-corrected chi connectivity index (χ4v) is 3.14. The first kappa shape index (κ1) is 14.5. The zero-order valence-electron chi connectivity index (χ0n) is 11.5. The molecule has 100 valence electrons. The van der Waals surface area contributed by atoms with Crippen LogP contribution in [-0.2, 0) is 9.53 Å². The summed E-state index contributed by atoms with van der Waals surface area (Å²) < 4.78 is 5.50. The second kappa shape index (κ2) is 7.73. The molecular formula is C15H28O2. The van der Waals surface area contributed by atoms with Crippen molar-refractivity contribution in [3.05, 3.63) is 0 Å². The highest BCUT2D eigenvalue weighted by molar-refractivity contribution is 5.38. The molecule has 17 heavy (non-hydrogen) atoms. The number of hydrogen-bond acceptors (Lipinski definition) is 2. The molecule has 0 saturated heterocycles. The van der Waals surface area contributed by atoms with E-state index in [0.717, 1.165) is 25.2 Å². The topological polar surface area (TPSA) is 26.3 Å². The Kier molecular flexibility index (Phi) is 6.61. The molecule has 1 rings (SSSR count). The summed E-state index contributed by atoms with van der Waals surface area (Å²) in [7, 11) is 0. The van der Waals surface area contributed by atoms with E-state index in [1.165, 1.54) is 44.9 Å². The smallest absolute Gasteiger partial charge is 0.293 e. The van der Waals surface area contributed by atoms with Crippen LogP contribution in [-0.4, -0.2) is 12.1 Å². The molecule has 1 fully saturated rings. The van der Waals surface area contributed by atoms with Crippen LogP contribution < -0.4 is 0 Å². The molecule has 1 aliphatic rings. The maximum absolute atomic E-state index is 10.7. The molecule has 1 aliphatic carbocycles. The minimum atomic E-state index is -0.117. The molecular weight excluding hydrogens is 212 g/mol. The summed E-state index contributed by atoms with van der Waals surface area (Å²) in [5, 5.41) is 0. The summed E-state index contributed by atoms with van der Waals surface area (Å²) in [6.45, 7) is 5.18. The van der Waals surface area contributed by atoms with Crippen LogP contribution >= 0.6 is 0 Å². The summed E-state index contributed by atoms with van der Waals surface area (Å²) in [4.78, 5) is 10.7. The Bertz CT molecular complexity index is 207. The molecule has 0 heterocycles. The lowest BCUT2D eigenvalue weighted by Crippen LogP contribution is -2.37. The average Bonchev–Trinajstić information content (AvgIpc) is 2.36. The van der Waals surface area contributed by atoms with E-state index in [1.807, 2.05) is 0 Å². The Hall–Kier alpha value is -0.530. The number of rotatable bonds is 8. The standard InChI is InChI=1S/C15H28O2/c1-3-5-9-14(4-2)12-15(17-13-16)10-7-6-8-11-15/h13-14H,3-12H2,1-2H3. The van der Waals surface area contributed by atoms with Crippen molar-refractivity contribution >= 4 is 6.47 Å². The molecule has 2 heteroatoms. The predicted octanol–water partition coefficient (Wildman–Crippen LogP) is 4.47. The highest BCUT2D eigenvalue weighted by Crippen LogP contribution is 2.38. The summed E-state index contributed by atoms with van der Waals surface area (Å²) in [5.41, 5.74) is -0.117. The lowest BCUT2D eigenvalue weighted by Gasteiger charge is -2.38. The first-order valence-corrected chi connectivity index (χ1v) is 7.38. The first-order valence-electron chi connectivity index (χ1n) is 7.38. The molecule has 0 aliphatic heterocycles. The van der Waals surface area contributed by atoms with E-state index in [9.17, 15) is 4.79 Å². The van der Waals surface area contributed by atoms with E-state index in [0.29, 0.717) is 6.47 Å². The average molecular weight is 240 g/mol. The first-order chi connectivity index (χ1) is 8.26. The zero-order chi connectivity index (χ0) is 12.6. The SMILES string of the molecule is CCCCC(CC)CC1(OC=O)CCCCC1. The third kappa shape index (κ3) is 4.69. The van der Waals surface area contributed by atoms with Gasteiger partial charge in [0.15, 0.2) is 0 Å². The summed E-state index contributed by atoms with van der Waals surface area (Å²) in [6.07, 6.45) is 12.0.